The molecule has 0 amide bonds. The highest BCUT2D eigenvalue weighted by Gasteiger charge is 2.06. The quantitative estimate of drug-likeness (QED) is 0.873. The number of hydrogen-bond acceptors (Lipinski definition) is 3. The molecule has 90 valence electrons. The number of hydrogen-bond donors (Lipinski definition) is 1. The number of aromatic nitrogens is 3. The first kappa shape index (κ1) is 11.8. The summed E-state index contributed by atoms with van der Waals surface area (Å²) in [6.45, 7) is 4.98. The average Bonchev–Trinajstić information content (AvgIpc) is 2.73. The average molecular weight is 230 g/mol. The second kappa shape index (κ2) is 5.10. The predicted octanol–water partition coefficient (Wildman–Crippen LogP) is 1.97. The van der Waals surface area contributed by atoms with Gasteiger partial charge in [-0.3, -0.25) is 0 Å². The molecule has 2 aromatic rings. The molecule has 1 unspecified atom stereocenters. The lowest BCUT2D eigenvalue weighted by Crippen LogP contribution is -2.20. The van der Waals surface area contributed by atoms with Crippen LogP contribution in [0.25, 0.3) is 0 Å². The molecule has 4 heteroatoms. The zero-order chi connectivity index (χ0) is 12.3. The van der Waals surface area contributed by atoms with Gasteiger partial charge in [0.1, 0.15) is 12.2 Å². The van der Waals surface area contributed by atoms with Crippen molar-refractivity contribution in [2.75, 3.05) is 0 Å². The molecule has 1 aromatic carbocycles. The highest BCUT2D eigenvalue weighted by molar-refractivity contribution is 5.23. The summed E-state index contributed by atoms with van der Waals surface area (Å²) in [6.07, 6.45) is 1.72. The highest BCUT2D eigenvalue weighted by atomic mass is 15.3. The van der Waals surface area contributed by atoms with E-state index in [0.29, 0.717) is 6.04 Å². The van der Waals surface area contributed by atoms with E-state index in [0.717, 1.165) is 12.4 Å². The number of nitrogens with zero attached hydrogens (tertiary/aromatic N) is 3. The third-order valence-electron chi connectivity index (χ3n) is 2.95. The van der Waals surface area contributed by atoms with E-state index >= 15 is 0 Å². The van der Waals surface area contributed by atoms with Gasteiger partial charge in [-0.05, 0) is 19.4 Å². The second-order valence-corrected chi connectivity index (χ2v) is 4.37. The molecular formula is C13H18N4. The minimum atomic E-state index is 0.312. The maximum atomic E-state index is 4.05. The summed E-state index contributed by atoms with van der Waals surface area (Å²) in [6, 6.07) is 8.89. The van der Waals surface area contributed by atoms with Gasteiger partial charge in [0.25, 0.3) is 0 Å². The van der Waals surface area contributed by atoms with E-state index in [9.17, 15) is 0 Å². The minimum Gasteiger partial charge on any atom is -0.320 e. The smallest absolute Gasteiger partial charge is 0.146 e. The summed E-state index contributed by atoms with van der Waals surface area (Å²) in [4.78, 5) is 0. The van der Waals surface area contributed by atoms with Gasteiger partial charge in [-0.25, -0.2) is 0 Å². The van der Waals surface area contributed by atoms with Gasteiger partial charge in [0.2, 0.25) is 0 Å². The Morgan fingerprint density at radius 2 is 2.00 bits per heavy atom. The second-order valence-electron chi connectivity index (χ2n) is 4.37. The summed E-state index contributed by atoms with van der Waals surface area (Å²) in [5.74, 6) is 0.948. The van der Waals surface area contributed by atoms with Crippen LogP contribution in [0.4, 0.5) is 0 Å². The summed E-state index contributed by atoms with van der Waals surface area (Å²) in [7, 11) is 1.95. The molecule has 0 saturated carbocycles. The first-order valence-electron chi connectivity index (χ1n) is 5.79. The van der Waals surface area contributed by atoms with Crippen LogP contribution in [-0.2, 0) is 13.6 Å². The fourth-order valence-electron chi connectivity index (χ4n) is 1.68. The fraction of sp³-hybridized carbons (Fsp3) is 0.385. The van der Waals surface area contributed by atoms with Gasteiger partial charge >= 0.3 is 0 Å². The Morgan fingerprint density at radius 1 is 1.29 bits per heavy atom. The predicted molar refractivity (Wildman–Crippen MR) is 67.4 cm³/mol. The molecule has 0 aliphatic heterocycles. The van der Waals surface area contributed by atoms with Crippen LogP contribution >= 0.6 is 0 Å². The summed E-state index contributed by atoms with van der Waals surface area (Å²) in [5, 5.41) is 11.3. The number of benzene rings is 1. The van der Waals surface area contributed by atoms with Crippen LogP contribution in [0.2, 0.25) is 0 Å². The third-order valence-corrected chi connectivity index (χ3v) is 2.95. The van der Waals surface area contributed by atoms with Crippen LogP contribution < -0.4 is 5.32 Å². The van der Waals surface area contributed by atoms with Gasteiger partial charge < -0.3 is 9.88 Å². The summed E-state index contributed by atoms with van der Waals surface area (Å²) < 4.78 is 1.93. The van der Waals surface area contributed by atoms with Crippen molar-refractivity contribution < 1.29 is 0 Å². The van der Waals surface area contributed by atoms with Crippen LogP contribution in [-0.4, -0.2) is 14.8 Å². The Bertz CT molecular complexity index is 472. The summed E-state index contributed by atoms with van der Waals surface area (Å²) in [5.41, 5.74) is 2.58. The first-order chi connectivity index (χ1) is 8.16. The maximum absolute atomic E-state index is 4.05. The molecular weight excluding hydrogens is 212 g/mol. The SMILES string of the molecule is Cc1ccc(C(C)NCc2nncn2C)cc1. The Labute approximate surface area is 102 Å². The topological polar surface area (TPSA) is 42.7 Å². The lowest BCUT2D eigenvalue weighted by molar-refractivity contribution is 0.548. The van der Waals surface area contributed by atoms with Crippen molar-refractivity contribution in [3.8, 4) is 0 Å². The van der Waals surface area contributed by atoms with Crippen molar-refractivity contribution in [3.05, 3.63) is 47.5 Å². The van der Waals surface area contributed by atoms with E-state index in [1.54, 1.807) is 6.33 Å². The molecule has 0 spiro atoms. The lowest BCUT2D eigenvalue weighted by Gasteiger charge is -2.14. The van der Waals surface area contributed by atoms with Crippen molar-refractivity contribution in [1.29, 1.82) is 0 Å². The summed E-state index contributed by atoms with van der Waals surface area (Å²) >= 11 is 0. The fourth-order valence-corrected chi connectivity index (χ4v) is 1.68. The monoisotopic (exact) mass is 230 g/mol. The zero-order valence-electron chi connectivity index (χ0n) is 10.5. The number of nitrogens with one attached hydrogen (secondary N) is 1. The third kappa shape index (κ3) is 2.91. The molecule has 1 N–H and O–H groups in total. The maximum Gasteiger partial charge on any atom is 0.146 e. The molecule has 2 rings (SSSR count). The minimum absolute atomic E-state index is 0.312. The van der Waals surface area contributed by atoms with E-state index in [-0.39, 0.29) is 0 Å². The van der Waals surface area contributed by atoms with Gasteiger partial charge in [-0.15, -0.1) is 10.2 Å². The Kier molecular flexibility index (Phi) is 3.54. The molecule has 1 aromatic heterocycles. The van der Waals surface area contributed by atoms with Crippen LogP contribution in [0, 0.1) is 6.92 Å². The van der Waals surface area contributed by atoms with Gasteiger partial charge in [0.05, 0.1) is 6.54 Å². The van der Waals surface area contributed by atoms with Crippen LogP contribution in [0.5, 0.6) is 0 Å². The van der Waals surface area contributed by atoms with Crippen molar-refractivity contribution in [2.45, 2.75) is 26.4 Å². The lowest BCUT2D eigenvalue weighted by atomic mass is 10.1. The molecule has 1 heterocycles. The van der Waals surface area contributed by atoms with E-state index in [2.05, 4.69) is 53.6 Å². The Balaban J connectivity index is 1.95. The Morgan fingerprint density at radius 3 is 2.59 bits per heavy atom. The number of aryl methyl sites for hydroxylation is 2. The molecule has 1 atom stereocenters. The molecule has 0 fully saturated rings. The molecule has 17 heavy (non-hydrogen) atoms. The van der Waals surface area contributed by atoms with Crippen LogP contribution in [0.1, 0.15) is 29.9 Å². The molecule has 0 aliphatic carbocycles. The molecule has 0 saturated heterocycles. The van der Waals surface area contributed by atoms with E-state index in [4.69, 9.17) is 0 Å². The molecule has 0 aliphatic rings. The van der Waals surface area contributed by atoms with Crippen LogP contribution in [0.15, 0.2) is 30.6 Å². The van der Waals surface area contributed by atoms with Gasteiger partial charge in [0.15, 0.2) is 0 Å². The van der Waals surface area contributed by atoms with Crippen LogP contribution in [0.3, 0.4) is 0 Å². The normalized spacial score (nSPS) is 12.6. The highest BCUT2D eigenvalue weighted by Crippen LogP contribution is 2.13. The zero-order valence-corrected chi connectivity index (χ0v) is 10.5. The van der Waals surface area contributed by atoms with Gasteiger partial charge in [0, 0.05) is 13.1 Å². The Hall–Kier alpha value is -1.68. The van der Waals surface area contributed by atoms with Crippen molar-refractivity contribution >= 4 is 0 Å². The van der Waals surface area contributed by atoms with Crippen molar-refractivity contribution in [2.24, 2.45) is 7.05 Å². The van der Waals surface area contributed by atoms with E-state index in [1.807, 2.05) is 11.6 Å². The molecule has 4 nitrogen and oxygen atoms in total. The van der Waals surface area contributed by atoms with Gasteiger partial charge in [-0.2, -0.15) is 0 Å². The van der Waals surface area contributed by atoms with E-state index < -0.39 is 0 Å². The standard InChI is InChI=1S/C13H18N4/c1-10-4-6-12(7-5-10)11(2)14-8-13-16-15-9-17(13)3/h4-7,9,11,14H,8H2,1-3H3. The van der Waals surface area contributed by atoms with Gasteiger partial charge in [-0.1, -0.05) is 29.8 Å². The number of rotatable bonds is 4. The molecule has 0 radical (unpaired) electrons. The van der Waals surface area contributed by atoms with Crippen molar-refractivity contribution in [3.63, 3.8) is 0 Å². The van der Waals surface area contributed by atoms with Crippen molar-refractivity contribution in [1.82, 2.24) is 20.1 Å². The largest absolute Gasteiger partial charge is 0.320 e. The molecule has 0 bridgehead atoms. The van der Waals surface area contributed by atoms with E-state index in [1.165, 1.54) is 11.1 Å². The first-order valence-corrected chi connectivity index (χ1v) is 5.79.